The highest BCUT2D eigenvalue weighted by atomic mass is 19.1. The second-order valence-electron chi connectivity index (χ2n) is 6.52. The van der Waals surface area contributed by atoms with Crippen LogP contribution >= 0.6 is 0 Å². The lowest BCUT2D eigenvalue weighted by molar-refractivity contribution is 0.0693. The highest BCUT2D eigenvalue weighted by Crippen LogP contribution is 2.34. The number of methoxy groups -OCH3 is 1. The molecule has 1 amide bonds. The van der Waals surface area contributed by atoms with Crippen molar-refractivity contribution < 1.29 is 18.4 Å². The quantitative estimate of drug-likeness (QED) is 0.684. The van der Waals surface area contributed by atoms with E-state index in [1.165, 1.54) is 12.1 Å². The monoisotopic (exact) mass is 366 g/mol. The van der Waals surface area contributed by atoms with Crippen LogP contribution in [0.5, 0.6) is 5.75 Å². The van der Waals surface area contributed by atoms with E-state index in [4.69, 9.17) is 9.26 Å². The van der Waals surface area contributed by atoms with E-state index in [0.29, 0.717) is 12.2 Å². The van der Waals surface area contributed by atoms with Gasteiger partial charge in [-0.15, -0.1) is 0 Å². The van der Waals surface area contributed by atoms with Gasteiger partial charge < -0.3 is 14.2 Å². The predicted molar refractivity (Wildman–Crippen MR) is 97.9 cm³/mol. The molecular weight excluding hydrogens is 347 g/mol. The van der Waals surface area contributed by atoms with E-state index in [1.807, 2.05) is 30.3 Å². The van der Waals surface area contributed by atoms with E-state index in [1.54, 1.807) is 24.1 Å². The molecule has 6 heteroatoms. The SMILES string of the molecule is COc1ccc(-c2cc(C(=O)N3CCC[C@@H]3c3cccc(F)c3)on2)cc1. The van der Waals surface area contributed by atoms with Crippen LogP contribution in [0, 0.1) is 5.82 Å². The number of benzene rings is 2. The summed E-state index contributed by atoms with van der Waals surface area (Å²) in [6.07, 6.45) is 1.67. The molecule has 1 atom stereocenters. The summed E-state index contributed by atoms with van der Waals surface area (Å²) in [5, 5.41) is 4.02. The standard InChI is InChI=1S/C21H19FN2O3/c1-26-17-9-7-14(8-10-17)18-13-20(27-23-18)21(25)24-11-3-6-19(24)15-4-2-5-16(22)12-15/h2,4-5,7-10,12-13,19H,3,6,11H2,1H3/t19-/m1/s1. The normalized spacial score (nSPS) is 16.5. The summed E-state index contributed by atoms with van der Waals surface area (Å²) in [6.45, 7) is 0.610. The minimum Gasteiger partial charge on any atom is -0.497 e. The number of carbonyl (C=O) groups excluding carboxylic acids is 1. The van der Waals surface area contributed by atoms with Gasteiger partial charge >= 0.3 is 0 Å². The molecule has 0 aliphatic carbocycles. The van der Waals surface area contributed by atoms with Crippen LogP contribution in [-0.2, 0) is 0 Å². The summed E-state index contributed by atoms with van der Waals surface area (Å²) in [5.74, 6) is 0.403. The lowest BCUT2D eigenvalue weighted by atomic mass is 10.0. The molecule has 1 aliphatic rings. The van der Waals surface area contributed by atoms with Crippen LogP contribution in [-0.4, -0.2) is 29.6 Å². The molecule has 4 rings (SSSR count). The number of carbonyl (C=O) groups is 1. The van der Waals surface area contributed by atoms with Gasteiger partial charge in [0.15, 0.2) is 0 Å². The Morgan fingerprint density at radius 1 is 1.22 bits per heavy atom. The largest absolute Gasteiger partial charge is 0.497 e. The molecule has 0 saturated carbocycles. The van der Waals surface area contributed by atoms with E-state index >= 15 is 0 Å². The second kappa shape index (κ2) is 7.23. The molecule has 1 aliphatic heterocycles. The van der Waals surface area contributed by atoms with Crippen molar-refractivity contribution in [3.8, 4) is 17.0 Å². The van der Waals surface area contributed by atoms with Crippen molar-refractivity contribution in [2.45, 2.75) is 18.9 Å². The van der Waals surface area contributed by atoms with Crippen molar-refractivity contribution in [3.05, 3.63) is 71.7 Å². The van der Waals surface area contributed by atoms with Crippen LogP contribution in [0.3, 0.4) is 0 Å². The number of aromatic nitrogens is 1. The van der Waals surface area contributed by atoms with Gasteiger partial charge in [-0.1, -0.05) is 17.3 Å². The highest BCUT2D eigenvalue weighted by Gasteiger charge is 2.32. The molecule has 1 fully saturated rings. The van der Waals surface area contributed by atoms with Crippen molar-refractivity contribution in [2.24, 2.45) is 0 Å². The zero-order valence-corrected chi connectivity index (χ0v) is 14.9. The Bertz CT molecular complexity index is 952. The van der Waals surface area contributed by atoms with Gasteiger partial charge in [0, 0.05) is 18.2 Å². The number of likely N-dealkylation sites (tertiary alicyclic amines) is 1. The lowest BCUT2D eigenvalue weighted by Crippen LogP contribution is -2.30. The van der Waals surface area contributed by atoms with Gasteiger partial charge in [0.1, 0.15) is 17.3 Å². The number of ether oxygens (including phenoxy) is 1. The molecule has 0 N–H and O–H groups in total. The predicted octanol–water partition coefficient (Wildman–Crippen LogP) is 4.47. The van der Waals surface area contributed by atoms with Crippen molar-refractivity contribution in [2.75, 3.05) is 13.7 Å². The molecule has 5 nitrogen and oxygen atoms in total. The van der Waals surface area contributed by atoms with Gasteiger partial charge in [-0.3, -0.25) is 4.79 Å². The highest BCUT2D eigenvalue weighted by molar-refractivity contribution is 5.93. The summed E-state index contributed by atoms with van der Waals surface area (Å²) in [4.78, 5) is 14.7. The summed E-state index contributed by atoms with van der Waals surface area (Å²) in [7, 11) is 1.60. The molecule has 138 valence electrons. The average molecular weight is 366 g/mol. The first-order valence-corrected chi connectivity index (χ1v) is 8.83. The average Bonchev–Trinajstić information content (AvgIpc) is 3.37. The van der Waals surface area contributed by atoms with Crippen molar-refractivity contribution in [3.63, 3.8) is 0 Å². The number of halogens is 1. The van der Waals surface area contributed by atoms with Crippen molar-refractivity contribution in [1.29, 1.82) is 0 Å². The summed E-state index contributed by atoms with van der Waals surface area (Å²) < 4.78 is 24.0. The Labute approximate surface area is 156 Å². The van der Waals surface area contributed by atoms with Crippen molar-refractivity contribution >= 4 is 5.91 Å². The molecule has 0 bridgehead atoms. The Morgan fingerprint density at radius 2 is 2.04 bits per heavy atom. The topological polar surface area (TPSA) is 55.6 Å². The minimum absolute atomic E-state index is 0.150. The molecule has 2 aromatic carbocycles. The van der Waals surface area contributed by atoms with E-state index in [2.05, 4.69) is 5.16 Å². The Balaban J connectivity index is 1.56. The van der Waals surface area contributed by atoms with E-state index in [9.17, 15) is 9.18 Å². The Morgan fingerprint density at radius 3 is 2.78 bits per heavy atom. The number of rotatable bonds is 4. The van der Waals surface area contributed by atoms with Crippen LogP contribution in [0.25, 0.3) is 11.3 Å². The number of hydrogen-bond donors (Lipinski definition) is 0. The Hall–Kier alpha value is -3.15. The minimum atomic E-state index is -0.298. The molecule has 27 heavy (non-hydrogen) atoms. The molecular formula is C21H19FN2O3. The molecule has 2 heterocycles. The Kier molecular flexibility index (Phi) is 4.62. The zero-order chi connectivity index (χ0) is 18.8. The summed E-state index contributed by atoms with van der Waals surface area (Å²) in [5.41, 5.74) is 2.22. The summed E-state index contributed by atoms with van der Waals surface area (Å²) >= 11 is 0. The number of nitrogens with zero attached hydrogens (tertiary/aromatic N) is 2. The maximum Gasteiger partial charge on any atom is 0.292 e. The van der Waals surface area contributed by atoms with Crippen LogP contribution in [0.4, 0.5) is 4.39 Å². The first kappa shape index (κ1) is 17.3. The van der Waals surface area contributed by atoms with E-state index < -0.39 is 0 Å². The van der Waals surface area contributed by atoms with Crippen LogP contribution in [0.2, 0.25) is 0 Å². The van der Waals surface area contributed by atoms with E-state index in [0.717, 1.165) is 29.7 Å². The number of amides is 1. The first-order chi connectivity index (χ1) is 13.2. The van der Waals surface area contributed by atoms with Gasteiger partial charge in [0.05, 0.1) is 13.2 Å². The molecule has 1 saturated heterocycles. The molecule has 1 aromatic heterocycles. The van der Waals surface area contributed by atoms with Gasteiger partial charge in [-0.2, -0.15) is 0 Å². The zero-order valence-electron chi connectivity index (χ0n) is 14.9. The van der Waals surface area contributed by atoms with Crippen LogP contribution in [0.15, 0.2) is 59.1 Å². The number of hydrogen-bond acceptors (Lipinski definition) is 4. The molecule has 0 radical (unpaired) electrons. The van der Waals surface area contributed by atoms with Gasteiger partial charge in [-0.05, 0) is 54.8 Å². The maximum atomic E-state index is 13.6. The van der Waals surface area contributed by atoms with E-state index in [-0.39, 0.29) is 23.5 Å². The maximum absolute atomic E-state index is 13.6. The van der Waals surface area contributed by atoms with Crippen LogP contribution < -0.4 is 4.74 Å². The molecule has 3 aromatic rings. The lowest BCUT2D eigenvalue weighted by Gasteiger charge is -2.23. The molecule has 0 unspecified atom stereocenters. The first-order valence-electron chi connectivity index (χ1n) is 8.83. The van der Waals surface area contributed by atoms with Crippen LogP contribution in [0.1, 0.15) is 35.0 Å². The molecule has 0 spiro atoms. The third-order valence-corrected chi connectivity index (χ3v) is 4.85. The summed E-state index contributed by atoms with van der Waals surface area (Å²) in [6, 6.07) is 15.3. The van der Waals surface area contributed by atoms with Gasteiger partial charge in [-0.25, -0.2) is 4.39 Å². The second-order valence-corrected chi connectivity index (χ2v) is 6.52. The fourth-order valence-corrected chi connectivity index (χ4v) is 3.49. The smallest absolute Gasteiger partial charge is 0.292 e. The fourth-order valence-electron chi connectivity index (χ4n) is 3.49. The van der Waals surface area contributed by atoms with Crippen molar-refractivity contribution in [1.82, 2.24) is 10.1 Å². The third kappa shape index (κ3) is 3.43. The van der Waals surface area contributed by atoms with Gasteiger partial charge in [0.2, 0.25) is 5.76 Å². The van der Waals surface area contributed by atoms with Gasteiger partial charge in [0.25, 0.3) is 5.91 Å². The fraction of sp³-hybridized carbons (Fsp3) is 0.238. The third-order valence-electron chi connectivity index (χ3n) is 4.85.